The molecule has 5 rings (SSSR count). The van der Waals surface area contributed by atoms with Gasteiger partial charge in [0.25, 0.3) is 0 Å². The van der Waals surface area contributed by atoms with Crippen molar-refractivity contribution < 1.29 is 19.4 Å². The number of carbonyl (C=O) groups is 2. The average molecular weight is 499 g/mol. The maximum Gasteiger partial charge on any atom is 0.310 e. The summed E-state index contributed by atoms with van der Waals surface area (Å²) in [5, 5.41) is 10.5. The van der Waals surface area contributed by atoms with E-state index >= 15 is 0 Å². The van der Waals surface area contributed by atoms with Gasteiger partial charge in [-0.2, -0.15) is 0 Å². The highest BCUT2D eigenvalue weighted by Gasteiger charge is 2.69. The molecule has 0 heterocycles. The van der Waals surface area contributed by atoms with Crippen LogP contribution in [0.4, 0.5) is 0 Å². The van der Waals surface area contributed by atoms with E-state index in [1.165, 1.54) is 12.0 Å². The summed E-state index contributed by atoms with van der Waals surface area (Å²) >= 11 is 0. The van der Waals surface area contributed by atoms with Gasteiger partial charge < -0.3 is 9.84 Å². The third-order valence-corrected chi connectivity index (χ3v) is 13.3. The maximum absolute atomic E-state index is 12.8. The highest BCUT2D eigenvalue weighted by atomic mass is 16.5. The van der Waals surface area contributed by atoms with Gasteiger partial charge in [-0.1, -0.05) is 60.1 Å². The molecule has 0 amide bonds. The number of ether oxygens (including phenoxy) is 1. The molecule has 4 nitrogen and oxygen atoms in total. The normalized spacial score (nSPS) is 48.8. The Balaban J connectivity index is 1.55. The smallest absolute Gasteiger partial charge is 0.310 e. The third-order valence-electron chi connectivity index (χ3n) is 13.3. The topological polar surface area (TPSA) is 63.6 Å². The first-order valence-electron chi connectivity index (χ1n) is 14.6. The van der Waals surface area contributed by atoms with Gasteiger partial charge in [-0.25, -0.2) is 0 Å². The van der Waals surface area contributed by atoms with Gasteiger partial charge in [0.1, 0.15) is 6.10 Å². The number of allylic oxidation sites excluding steroid dienone is 2. The van der Waals surface area contributed by atoms with E-state index in [9.17, 15) is 14.7 Å². The average Bonchev–Trinajstić information content (AvgIpc) is 2.75. The number of esters is 1. The van der Waals surface area contributed by atoms with E-state index in [1.807, 2.05) is 0 Å². The van der Waals surface area contributed by atoms with Crippen LogP contribution in [0.25, 0.3) is 0 Å². The molecule has 0 radical (unpaired) electrons. The van der Waals surface area contributed by atoms with Crippen LogP contribution in [0.3, 0.4) is 0 Å². The number of hydrogen-bond acceptors (Lipinski definition) is 3. The van der Waals surface area contributed by atoms with Gasteiger partial charge in [-0.3, -0.25) is 9.59 Å². The number of aliphatic carboxylic acids is 1. The van der Waals surface area contributed by atoms with E-state index in [1.54, 1.807) is 6.92 Å². The van der Waals surface area contributed by atoms with Crippen LogP contribution in [0.1, 0.15) is 120 Å². The van der Waals surface area contributed by atoms with Crippen molar-refractivity contribution in [3.8, 4) is 0 Å². The molecule has 0 aromatic carbocycles. The molecule has 0 aromatic heterocycles. The van der Waals surface area contributed by atoms with Crippen molar-refractivity contribution in [3.63, 3.8) is 0 Å². The lowest BCUT2D eigenvalue weighted by Crippen LogP contribution is -2.65. The van der Waals surface area contributed by atoms with E-state index in [2.05, 4.69) is 54.5 Å². The van der Waals surface area contributed by atoms with Crippen molar-refractivity contribution in [1.29, 1.82) is 0 Å². The molecule has 5 aliphatic rings. The van der Waals surface area contributed by atoms with Crippen molar-refractivity contribution in [2.75, 3.05) is 0 Å². The van der Waals surface area contributed by atoms with E-state index in [0.29, 0.717) is 11.8 Å². The summed E-state index contributed by atoms with van der Waals surface area (Å²) in [5.74, 6) is 0.546. The number of hydrogen-bond donors (Lipinski definition) is 1. The highest BCUT2D eigenvalue weighted by Crippen LogP contribution is 2.75. The first kappa shape index (κ1) is 26.3. The quantitative estimate of drug-likeness (QED) is 0.311. The van der Waals surface area contributed by atoms with Crippen LogP contribution in [0.5, 0.6) is 0 Å². The minimum absolute atomic E-state index is 0.00181. The Kier molecular flexibility index (Phi) is 5.74. The molecular weight excluding hydrogens is 448 g/mol. The van der Waals surface area contributed by atoms with Gasteiger partial charge in [0, 0.05) is 12.3 Å². The first-order valence-corrected chi connectivity index (χ1v) is 14.6. The largest absolute Gasteiger partial charge is 0.481 e. The van der Waals surface area contributed by atoms with E-state index < -0.39 is 11.4 Å². The first-order chi connectivity index (χ1) is 16.5. The summed E-state index contributed by atoms with van der Waals surface area (Å²) in [4.78, 5) is 24.7. The van der Waals surface area contributed by atoms with Crippen molar-refractivity contribution >= 4 is 11.9 Å². The number of carboxylic acids is 1. The Morgan fingerprint density at radius 3 is 2.19 bits per heavy atom. The van der Waals surface area contributed by atoms with Gasteiger partial charge >= 0.3 is 11.9 Å². The molecule has 202 valence electrons. The summed E-state index contributed by atoms with van der Waals surface area (Å²) in [6, 6.07) is 0. The summed E-state index contributed by atoms with van der Waals surface area (Å²) in [6.07, 6.45) is 12.6. The Labute approximate surface area is 219 Å². The van der Waals surface area contributed by atoms with Crippen LogP contribution in [0, 0.1) is 50.2 Å². The molecule has 5 aliphatic carbocycles. The van der Waals surface area contributed by atoms with Crippen LogP contribution >= 0.6 is 0 Å². The molecule has 4 fully saturated rings. The molecule has 0 spiro atoms. The zero-order valence-electron chi connectivity index (χ0n) is 24.1. The molecule has 8 atom stereocenters. The monoisotopic (exact) mass is 498 g/mol. The number of rotatable bonds is 2. The van der Waals surface area contributed by atoms with E-state index in [0.717, 1.165) is 57.8 Å². The van der Waals surface area contributed by atoms with Gasteiger partial charge in [0.15, 0.2) is 0 Å². The summed E-state index contributed by atoms with van der Waals surface area (Å²) in [7, 11) is 0. The molecule has 0 saturated heterocycles. The van der Waals surface area contributed by atoms with Crippen LogP contribution in [-0.4, -0.2) is 23.1 Å². The molecule has 4 heteroatoms. The van der Waals surface area contributed by atoms with E-state index in [-0.39, 0.29) is 45.1 Å². The fraction of sp³-hybridized carbons (Fsp3) is 0.875. The Morgan fingerprint density at radius 2 is 1.56 bits per heavy atom. The van der Waals surface area contributed by atoms with Crippen molar-refractivity contribution in [2.24, 2.45) is 50.2 Å². The second-order valence-electron chi connectivity index (χ2n) is 15.6. The SMILES string of the molecule is CC(=O)O[C@@H]1CC[C@]2(C)[C@H]3CC=C4[C@H]5CC(C)(C)CC[C@@]5(C(=O)O)CC[C@@]4(C)[C@]3(C)CC[C@H]2C1(C)C. The second-order valence-corrected chi connectivity index (χ2v) is 15.6. The summed E-state index contributed by atoms with van der Waals surface area (Å²) in [5.41, 5.74) is 1.50. The molecule has 1 N–H and O–H groups in total. The van der Waals surface area contributed by atoms with Crippen LogP contribution in [0.2, 0.25) is 0 Å². The Hall–Kier alpha value is -1.32. The molecule has 36 heavy (non-hydrogen) atoms. The summed E-state index contributed by atoms with van der Waals surface area (Å²) in [6.45, 7) is 18.5. The van der Waals surface area contributed by atoms with E-state index in [4.69, 9.17) is 4.74 Å². The number of carbonyl (C=O) groups excluding carboxylic acids is 1. The minimum atomic E-state index is -0.574. The number of fused-ring (bicyclic) bond motifs is 7. The highest BCUT2D eigenvalue weighted by molar-refractivity contribution is 5.76. The lowest BCUT2D eigenvalue weighted by atomic mass is 9.33. The summed E-state index contributed by atoms with van der Waals surface area (Å²) < 4.78 is 5.87. The van der Waals surface area contributed by atoms with Crippen molar-refractivity contribution in [3.05, 3.63) is 11.6 Å². The van der Waals surface area contributed by atoms with Gasteiger partial charge in [-0.15, -0.1) is 0 Å². The molecule has 0 unspecified atom stereocenters. The maximum atomic E-state index is 12.8. The lowest BCUT2D eigenvalue weighted by molar-refractivity contribution is -0.213. The number of carboxylic acid groups (broad SMARTS) is 1. The van der Waals surface area contributed by atoms with Crippen molar-refractivity contribution in [2.45, 2.75) is 126 Å². The van der Waals surface area contributed by atoms with Crippen LogP contribution < -0.4 is 0 Å². The fourth-order valence-electron chi connectivity index (χ4n) is 11.0. The fourth-order valence-corrected chi connectivity index (χ4v) is 11.0. The lowest BCUT2D eigenvalue weighted by Gasteiger charge is -2.71. The zero-order chi connectivity index (χ0) is 26.5. The minimum Gasteiger partial charge on any atom is -0.481 e. The third kappa shape index (κ3) is 3.30. The van der Waals surface area contributed by atoms with Gasteiger partial charge in [0.2, 0.25) is 0 Å². The molecule has 4 saturated carbocycles. The molecular formula is C32H50O4. The molecule has 0 aliphatic heterocycles. The molecule has 0 aromatic rings. The van der Waals surface area contributed by atoms with Gasteiger partial charge in [0.05, 0.1) is 5.41 Å². The second kappa shape index (κ2) is 7.85. The predicted molar refractivity (Wildman–Crippen MR) is 142 cm³/mol. The Bertz CT molecular complexity index is 992. The standard InChI is InChI=1S/C32H50O4/c1-20(33)36-25-12-13-29(6)23(28(25,4)5)11-14-31(8)24(29)10-9-21-22-19-27(2,3)15-17-32(22,26(34)35)18-16-30(21,31)7/h9,22-25H,10-19H2,1-8H3,(H,34,35)/t22-,23+,24-,25-,29+,30-,31-,32-/m1/s1. The van der Waals surface area contributed by atoms with Crippen molar-refractivity contribution in [1.82, 2.24) is 0 Å². The Morgan fingerprint density at radius 1 is 0.889 bits per heavy atom. The van der Waals surface area contributed by atoms with Crippen LogP contribution in [-0.2, 0) is 14.3 Å². The van der Waals surface area contributed by atoms with Crippen LogP contribution in [0.15, 0.2) is 11.6 Å². The predicted octanol–water partition coefficient (Wildman–Crippen LogP) is 7.80. The zero-order valence-corrected chi connectivity index (χ0v) is 24.1. The van der Waals surface area contributed by atoms with Gasteiger partial charge in [-0.05, 0) is 104 Å². The molecule has 0 bridgehead atoms.